The zero-order valence-electron chi connectivity index (χ0n) is 14.8. The van der Waals surface area contributed by atoms with Gasteiger partial charge >= 0.3 is 0 Å². The van der Waals surface area contributed by atoms with Crippen molar-refractivity contribution in [1.82, 2.24) is 5.32 Å². The van der Waals surface area contributed by atoms with Crippen molar-refractivity contribution < 1.29 is 13.6 Å². The summed E-state index contributed by atoms with van der Waals surface area (Å²) in [5, 5.41) is 3.07. The highest BCUT2D eigenvalue weighted by atomic mass is 19.1. The Morgan fingerprint density at radius 2 is 1.80 bits per heavy atom. The third-order valence-electron chi connectivity index (χ3n) is 4.16. The maximum Gasteiger partial charge on any atom is 0.248 e. The van der Waals surface area contributed by atoms with Crippen molar-refractivity contribution in [2.75, 3.05) is 6.54 Å². The molecule has 2 aromatic rings. The van der Waals surface area contributed by atoms with Gasteiger partial charge in [0.05, 0.1) is 0 Å². The Labute approximate surface area is 147 Å². The number of carbonyl (C=O) groups excluding carboxylic acids is 1. The van der Waals surface area contributed by atoms with E-state index in [2.05, 4.69) is 19.2 Å². The molecule has 0 aliphatic carbocycles. The molecular weight excluding hydrogens is 322 g/mol. The lowest BCUT2D eigenvalue weighted by Gasteiger charge is -2.12. The number of amides is 1. The van der Waals surface area contributed by atoms with Crippen LogP contribution >= 0.6 is 0 Å². The second kappa shape index (κ2) is 8.21. The Morgan fingerprint density at radius 1 is 1.16 bits per heavy atom. The second-order valence-electron chi connectivity index (χ2n) is 6.67. The Bertz CT molecular complexity index is 749. The van der Waals surface area contributed by atoms with Crippen LogP contribution in [0, 0.1) is 24.5 Å². The van der Waals surface area contributed by atoms with E-state index in [9.17, 15) is 13.6 Å². The van der Waals surface area contributed by atoms with Crippen LogP contribution in [-0.4, -0.2) is 12.5 Å². The Balaban J connectivity index is 2.23. The van der Waals surface area contributed by atoms with Crippen LogP contribution in [0.25, 0.3) is 11.1 Å². The van der Waals surface area contributed by atoms with Crippen molar-refractivity contribution in [3.63, 3.8) is 0 Å². The van der Waals surface area contributed by atoms with Crippen LogP contribution in [0.15, 0.2) is 30.3 Å². The molecule has 2 rings (SSSR count). The summed E-state index contributed by atoms with van der Waals surface area (Å²) in [6, 6.07) is 7.49. The highest BCUT2D eigenvalue weighted by Gasteiger charge is 2.14. The van der Waals surface area contributed by atoms with Crippen LogP contribution in [0.1, 0.15) is 41.8 Å². The topological polar surface area (TPSA) is 55.1 Å². The van der Waals surface area contributed by atoms with E-state index in [0.29, 0.717) is 29.2 Å². The van der Waals surface area contributed by atoms with E-state index in [0.717, 1.165) is 12.0 Å². The maximum atomic E-state index is 14.4. The summed E-state index contributed by atoms with van der Waals surface area (Å²) in [6.07, 6.45) is 0.951. The highest BCUT2D eigenvalue weighted by Crippen LogP contribution is 2.28. The van der Waals surface area contributed by atoms with E-state index in [1.54, 1.807) is 25.1 Å². The average molecular weight is 346 g/mol. The minimum Gasteiger partial charge on any atom is -0.366 e. The zero-order chi connectivity index (χ0) is 18.6. The van der Waals surface area contributed by atoms with Crippen molar-refractivity contribution in [3.05, 3.63) is 58.7 Å². The molecule has 0 atom stereocenters. The third-order valence-corrected chi connectivity index (χ3v) is 4.16. The first-order valence-corrected chi connectivity index (χ1v) is 8.39. The van der Waals surface area contributed by atoms with Gasteiger partial charge in [-0.1, -0.05) is 19.9 Å². The number of benzene rings is 2. The van der Waals surface area contributed by atoms with E-state index < -0.39 is 17.5 Å². The molecule has 0 aromatic heterocycles. The number of halogens is 2. The molecule has 0 aliphatic rings. The summed E-state index contributed by atoms with van der Waals surface area (Å²) in [5.41, 5.74) is 7.50. The van der Waals surface area contributed by atoms with Gasteiger partial charge in [0.2, 0.25) is 5.91 Å². The fourth-order valence-corrected chi connectivity index (χ4v) is 2.67. The van der Waals surface area contributed by atoms with Gasteiger partial charge in [0, 0.05) is 17.7 Å². The quantitative estimate of drug-likeness (QED) is 0.739. The summed E-state index contributed by atoms with van der Waals surface area (Å²) in [7, 11) is 0. The Morgan fingerprint density at radius 3 is 2.32 bits per heavy atom. The van der Waals surface area contributed by atoms with E-state index in [-0.39, 0.29) is 12.1 Å². The zero-order valence-corrected chi connectivity index (χ0v) is 14.8. The monoisotopic (exact) mass is 346 g/mol. The molecule has 3 N–H and O–H groups in total. The van der Waals surface area contributed by atoms with Gasteiger partial charge in [-0.25, -0.2) is 8.78 Å². The predicted octanol–water partition coefficient (Wildman–Crippen LogP) is 4.17. The van der Waals surface area contributed by atoms with Gasteiger partial charge < -0.3 is 11.1 Å². The molecule has 0 aliphatic heterocycles. The molecule has 0 spiro atoms. The second-order valence-corrected chi connectivity index (χ2v) is 6.67. The number of hydrogen-bond acceptors (Lipinski definition) is 2. The van der Waals surface area contributed by atoms with Gasteiger partial charge in [-0.3, -0.25) is 4.79 Å². The van der Waals surface area contributed by atoms with E-state index in [1.165, 1.54) is 12.1 Å². The first kappa shape index (κ1) is 19.1. The molecule has 0 saturated carbocycles. The molecule has 25 heavy (non-hydrogen) atoms. The molecular formula is C20H24F2N2O. The lowest BCUT2D eigenvalue weighted by atomic mass is 9.97. The summed E-state index contributed by atoms with van der Waals surface area (Å²) < 4.78 is 28.7. The number of aryl methyl sites for hydroxylation is 1. The van der Waals surface area contributed by atoms with Crippen LogP contribution < -0.4 is 11.1 Å². The molecule has 0 unspecified atom stereocenters. The van der Waals surface area contributed by atoms with Crippen LogP contribution in [0.2, 0.25) is 0 Å². The number of hydrogen-bond donors (Lipinski definition) is 2. The van der Waals surface area contributed by atoms with E-state index in [1.807, 2.05) is 0 Å². The molecule has 5 heteroatoms. The summed E-state index contributed by atoms with van der Waals surface area (Å²) in [5.74, 6) is -1.15. The van der Waals surface area contributed by atoms with Crippen LogP contribution in [0.4, 0.5) is 8.78 Å². The smallest absolute Gasteiger partial charge is 0.248 e. The molecule has 0 bridgehead atoms. The fourth-order valence-electron chi connectivity index (χ4n) is 2.67. The highest BCUT2D eigenvalue weighted by molar-refractivity contribution is 5.93. The normalized spacial score (nSPS) is 11.1. The number of carbonyl (C=O) groups is 1. The van der Waals surface area contributed by atoms with Gasteiger partial charge in [0.15, 0.2) is 0 Å². The largest absolute Gasteiger partial charge is 0.366 e. The van der Waals surface area contributed by atoms with Crippen LogP contribution in [0.5, 0.6) is 0 Å². The lowest BCUT2D eigenvalue weighted by Crippen LogP contribution is -2.18. The van der Waals surface area contributed by atoms with Crippen molar-refractivity contribution >= 4 is 5.91 Å². The summed E-state index contributed by atoms with van der Waals surface area (Å²) in [4.78, 5) is 11.2. The van der Waals surface area contributed by atoms with E-state index in [4.69, 9.17) is 5.73 Å². The lowest BCUT2D eigenvalue weighted by molar-refractivity contribution is 0.1000. The van der Waals surface area contributed by atoms with Crippen LogP contribution in [0.3, 0.4) is 0 Å². The minimum absolute atomic E-state index is 0.0407. The van der Waals surface area contributed by atoms with Gasteiger partial charge in [-0.2, -0.15) is 0 Å². The molecule has 3 nitrogen and oxygen atoms in total. The van der Waals surface area contributed by atoms with Crippen molar-refractivity contribution in [1.29, 1.82) is 0 Å². The summed E-state index contributed by atoms with van der Waals surface area (Å²) in [6.45, 7) is 6.85. The standard InChI is InChI=1S/C20H24F2N2O/c1-12(2)6-7-24-11-17-18(21)9-15(10-19(17)22)16-5-4-14(20(23)25)8-13(16)3/h4-5,8-10,12,24H,6-7,11H2,1-3H3,(H2,23,25). The molecule has 134 valence electrons. The van der Waals surface area contributed by atoms with E-state index >= 15 is 0 Å². The molecule has 1 amide bonds. The fraction of sp³-hybridized carbons (Fsp3) is 0.350. The Hall–Kier alpha value is -2.27. The van der Waals surface area contributed by atoms with Crippen molar-refractivity contribution in [3.8, 4) is 11.1 Å². The van der Waals surface area contributed by atoms with Gasteiger partial charge in [-0.05, 0) is 66.8 Å². The van der Waals surface area contributed by atoms with Crippen molar-refractivity contribution in [2.24, 2.45) is 11.7 Å². The first-order valence-electron chi connectivity index (χ1n) is 8.39. The SMILES string of the molecule is Cc1cc(C(N)=O)ccc1-c1cc(F)c(CNCCC(C)C)c(F)c1. The molecule has 0 saturated heterocycles. The number of nitrogens with two attached hydrogens (primary N) is 1. The minimum atomic E-state index is -0.578. The molecule has 2 aromatic carbocycles. The molecule has 0 fully saturated rings. The first-order chi connectivity index (χ1) is 11.8. The van der Waals surface area contributed by atoms with Gasteiger partial charge in [-0.15, -0.1) is 0 Å². The number of nitrogens with one attached hydrogen (secondary N) is 1. The average Bonchev–Trinajstić information content (AvgIpc) is 2.52. The Kier molecular flexibility index (Phi) is 6.26. The number of rotatable bonds is 7. The third kappa shape index (κ3) is 4.86. The molecule has 0 radical (unpaired) electrons. The molecule has 0 heterocycles. The summed E-state index contributed by atoms with van der Waals surface area (Å²) >= 11 is 0. The maximum absolute atomic E-state index is 14.4. The van der Waals surface area contributed by atoms with Crippen LogP contribution in [-0.2, 0) is 6.54 Å². The van der Waals surface area contributed by atoms with Gasteiger partial charge in [0.1, 0.15) is 11.6 Å². The van der Waals surface area contributed by atoms with Gasteiger partial charge in [0.25, 0.3) is 0 Å². The predicted molar refractivity (Wildman–Crippen MR) is 96.2 cm³/mol. The number of primary amides is 1. The van der Waals surface area contributed by atoms with Crippen molar-refractivity contribution in [2.45, 2.75) is 33.7 Å².